The zero-order chi connectivity index (χ0) is 10.5. The van der Waals surface area contributed by atoms with E-state index in [1.165, 1.54) is 57.8 Å². The number of unbranched alkanes of at least 4 members (excludes halogenated alkanes) is 9. The zero-order valence-electron chi connectivity index (χ0n) is 9.54. The minimum atomic E-state index is 0.122. The first kappa shape index (κ1) is 14.3. The van der Waals surface area contributed by atoms with Crippen molar-refractivity contribution in [3.05, 3.63) is 0 Å². The summed E-state index contributed by atoms with van der Waals surface area (Å²) in [5.41, 5.74) is 0. The van der Waals surface area contributed by atoms with Gasteiger partial charge in [-0.15, -0.1) is 0 Å². The molecule has 0 aromatic heterocycles. The molecule has 0 aromatic carbocycles. The quantitative estimate of drug-likeness (QED) is 0.376. The Hall–Kier alpha value is 0.319. The normalized spacial score (nSPS) is 10.6. The molecule has 0 spiro atoms. The van der Waals surface area contributed by atoms with Gasteiger partial charge in [-0.05, 0) is 0 Å². The third-order valence-corrected chi connectivity index (χ3v) is 3.17. The van der Waals surface area contributed by atoms with Gasteiger partial charge in [0, 0.05) is 0 Å². The fraction of sp³-hybridized carbons (Fsp3) is 1.00. The van der Waals surface area contributed by atoms with Gasteiger partial charge in [-0.2, -0.15) is 0 Å². The molecule has 2 heteroatoms. The zero-order valence-corrected chi connectivity index (χ0v) is 10.6. The molecule has 0 fully saturated rings. The molecule has 14 heavy (non-hydrogen) atoms. The monoisotopic (exact) mass is 241 g/mol. The molecule has 0 aromatic rings. The maximum absolute atomic E-state index is 10.2. The minimum absolute atomic E-state index is 0.122. The van der Waals surface area contributed by atoms with Gasteiger partial charge >= 0.3 is 95.2 Å². The van der Waals surface area contributed by atoms with Crippen molar-refractivity contribution in [1.82, 2.24) is 0 Å². The van der Waals surface area contributed by atoms with Crippen molar-refractivity contribution >= 4 is 0 Å². The molecular formula is C12H25FeO. The van der Waals surface area contributed by atoms with Gasteiger partial charge in [0.1, 0.15) is 0 Å². The summed E-state index contributed by atoms with van der Waals surface area (Å²) >= 11 is 0.122. The molecule has 0 aliphatic rings. The van der Waals surface area contributed by atoms with Crippen molar-refractivity contribution in [1.29, 1.82) is 0 Å². The maximum atomic E-state index is 10.2. The van der Waals surface area contributed by atoms with Crippen molar-refractivity contribution in [3.63, 3.8) is 0 Å². The third-order valence-electron chi connectivity index (χ3n) is 2.55. The van der Waals surface area contributed by atoms with Crippen molar-refractivity contribution < 1.29 is 18.7 Å². The molecule has 0 atom stereocenters. The van der Waals surface area contributed by atoms with Crippen LogP contribution >= 0.6 is 0 Å². The van der Waals surface area contributed by atoms with E-state index in [-0.39, 0.29) is 14.9 Å². The van der Waals surface area contributed by atoms with E-state index in [4.69, 9.17) is 0 Å². The summed E-state index contributed by atoms with van der Waals surface area (Å²) in [7, 11) is 0. The van der Waals surface area contributed by atoms with Gasteiger partial charge < -0.3 is 0 Å². The molecule has 0 radical (unpaired) electrons. The van der Waals surface area contributed by atoms with E-state index in [1.54, 1.807) is 0 Å². The molecule has 0 bridgehead atoms. The van der Waals surface area contributed by atoms with Crippen molar-refractivity contribution in [2.24, 2.45) is 0 Å². The third kappa shape index (κ3) is 12.3. The second kappa shape index (κ2) is 13.3. The van der Waals surface area contributed by atoms with Gasteiger partial charge in [0.25, 0.3) is 0 Å². The van der Waals surface area contributed by atoms with Crippen LogP contribution in [-0.2, 0) is 18.7 Å². The molecular weight excluding hydrogens is 216 g/mol. The first-order valence-corrected chi connectivity index (χ1v) is 7.33. The van der Waals surface area contributed by atoms with Crippen LogP contribution in [0, 0.1) is 0 Å². The van der Waals surface area contributed by atoms with Gasteiger partial charge in [0.05, 0.1) is 0 Å². The standard InChI is InChI=1S/C12H25.Fe.O/c1-3-5-7-9-11-12-10-8-6-4-2;;/h1,3-12H2,2H3;;. The van der Waals surface area contributed by atoms with Crippen LogP contribution in [0.15, 0.2) is 0 Å². The van der Waals surface area contributed by atoms with E-state index in [0.29, 0.717) is 0 Å². The van der Waals surface area contributed by atoms with Crippen LogP contribution in [0.1, 0.15) is 71.1 Å². The predicted molar refractivity (Wildman–Crippen MR) is 57.3 cm³/mol. The summed E-state index contributed by atoms with van der Waals surface area (Å²) in [6, 6.07) is 0. The molecule has 1 nitrogen and oxygen atoms in total. The van der Waals surface area contributed by atoms with Gasteiger partial charge in [-0.25, -0.2) is 0 Å². The van der Waals surface area contributed by atoms with E-state index in [0.717, 1.165) is 11.7 Å². The predicted octanol–water partition coefficient (Wildman–Crippen LogP) is 4.75. The van der Waals surface area contributed by atoms with Crippen LogP contribution < -0.4 is 0 Å². The first-order valence-electron chi connectivity index (χ1n) is 6.10. The molecule has 0 saturated heterocycles. The Balaban J connectivity index is 2.81. The number of rotatable bonds is 11. The topological polar surface area (TPSA) is 17.1 Å². The van der Waals surface area contributed by atoms with Crippen LogP contribution in [0.5, 0.6) is 0 Å². The van der Waals surface area contributed by atoms with E-state index >= 15 is 0 Å². The van der Waals surface area contributed by atoms with Crippen LogP contribution in [-0.4, -0.2) is 0 Å². The summed E-state index contributed by atoms with van der Waals surface area (Å²) in [6.45, 7) is 2.26. The van der Waals surface area contributed by atoms with E-state index in [1.807, 2.05) is 0 Å². The van der Waals surface area contributed by atoms with E-state index in [2.05, 4.69) is 6.92 Å². The average Bonchev–Trinajstić information content (AvgIpc) is 2.21. The van der Waals surface area contributed by atoms with Gasteiger partial charge in [0.15, 0.2) is 0 Å². The van der Waals surface area contributed by atoms with Crippen LogP contribution in [0.25, 0.3) is 0 Å². The first-order chi connectivity index (χ1) is 6.91. The molecule has 0 aliphatic heterocycles. The van der Waals surface area contributed by atoms with Crippen LogP contribution in [0.2, 0.25) is 5.32 Å². The van der Waals surface area contributed by atoms with Crippen LogP contribution in [0.4, 0.5) is 0 Å². The summed E-state index contributed by atoms with van der Waals surface area (Å²) in [5.74, 6) is 0. The molecule has 0 heterocycles. The van der Waals surface area contributed by atoms with Gasteiger partial charge in [-0.1, -0.05) is 0 Å². The Labute approximate surface area is 95.4 Å². The molecule has 0 rings (SSSR count). The van der Waals surface area contributed by atoms with Crippen molar-refractivity contribution in [2.75, 3.05) is 0 Å². The molecule has 0 unspecified atom stereocenters. The van der Waals surface area contributed by atoms with E-state index in [9.17, 15) is 3.83 Å². The Kier molecular flexibility index (Phi) is 13.6. The molecule has 0 amide bonds. The Morgan fingerprint density at radius 3 is 1.57 bits per heavy atom. The van der Waals surface area contributed by atoms with Gasteiger partial charge in [-0.3, -0.25) is 0 Å². The van der Waals surface area contributed by atoms with Crippen molar-refractivity contribution in [2.45, 2.75) is 76.5 Å². The van der Waals surface area contributed by atoms with Crippen molar-refractivity contribution in [3.8, 4) is 0 Å². The summed E-state index contributed by atoms with van der Waals surface area (Å²) in [6.07, 6.45) is 13.6. The number of hydrogen-bond acceptors (Lipinski definition) is 1. The van der Waals surface area contributed by atoms with Gasteiger partial charge in [0.2, 0.25) is 0 Å². The summed E-state index contributed by atoms with van der Waals surface area (Å²) in [5, 5.41) is 0.885. The summed E-state index contributed by atoms with van der Waals surface area (Å²) in [4.78, 5) is 0. The molecule has 0 aliphatic carbocycles. The Bertz CT molecular complexity index is 115. The van der Waals surface area contributed by atoms with Crippen LogP contribution in [0.3, 0.4) is 0 Å². The molecule has 87 valence electrons. The fourth-order valence-electron chi connectivity index (χ4n) is 1.63. The van der Waals surface area contributed by atoms with E-state index < -0.39 is 0 Å². The fourth-order valence-corrected chi connectivity index (χ4v) is 2.06. The second-order valence-corrected chi connectivity index (χ2v) is 4.83. The molecule has 0 N–H and O–H groups in total. The second-order valence-electron chi connectivity index (χ2n) is 3.96. The average molecular weight is 241 g/mol. The Morgan fingerprint density at radius 1 is 0.714 bits per heavy atom. The Morgan fingerprint density at radius 2 is 1.14 bits per heavy atom. The SMILES string of the molecule is CCCCCCCCCCC[CH2][Fe]=[O]. The summed E-state index contributed by atoms with van der Waals surface area (Å²) < 4.78 is 10.2. The molecule has 0 saturated carbocycles. The number of hydrogen-bond donors (Lipinski definition) is 0.